The van der Waals surface area contributed by atoms with E-state index in [2.05, 4.69) is 22.4 Å². The first-order valence-corrected chi connectivity index (χ1v) is 13.7. The fourth-order valence-electron chi connectivity index (χ4n) is 4.32. The van der Waals surface area contributed by atoms with Crippen LogP contribution >= 0.6 is 0 Å². The second kappa shape index (κ2) is 18.1. The minimum absolute atomic E-state index is 0.0896. The number of nitrogens with zero attached hydrogens (tertiary/aromatic N) is 1. The van der Waals surface area contributed by atoms with E-state index >= 15 is 0 Å². The molecule has 0 aliphatic rings. The number of benzene rings is 1. The summed E-state index contributed by atoms with van der Waals surface area (Å²) in [5, 5.41) is 10.1. The van der Waals surface area contributed by atoms with E-state index in [0.717, 1.165) is 23.4 Å². The molecule has 34 heavy (non-hydrogen) atoms. The van der Waals surface area contributed by atoms with Crippen LogP contribution in [0.1, 0.15) is 120 Å². The number of aromatic amines is 1. The molecule has 0 fully saturated rings. The molecule has 1 amide bonds. The standard InChI is InChI=1S/C29H47N3O2/c1-3-4-5-6-7-8-9-10-11-12-13-14-15-16-17-18-23-30-29(33)28-24-27(31-32-28)25-19-21-26(34-2)22-20-25/h19-22,24H,3-18,23H2,1-2H3,(H,30,33)(H,31,32). The van der Waals surface area contributed by atoms with E-state index in [1.54, 1.807) is 13.2 Å². The highest BCUT2D eigenvalue weighted by atomic mass is 16.5. The van der Waals surface area contributed by atoms with Gasteiger partial charge in [0.15, 0.2) is 0 Å². The van der Waals surface area contributed by atoms with Crippen molar-refractivity contribution >= 4 is 5.91 Å². The van der Waals surface area contributed by atoms with E-state index in [0.29, 0.717) is 12.2 Å². The van der Waals surface area contributed by atoms with Gasteiger partial charge in [0.1, 0.15) is 11.4 Å². The van der Waals surface area contributed by atoms with Crippen LogP contribution in [0.5, 0.6) is 5.75 Å². The Labute approximate surface area is 207 Å². The van der Waals surface area contributed by atoms with Crippen LogP contribution < -0.4 is 10.1 Å². The molecule has 2 aromatic rings. The van der Waals surface area contributed by atoms with Crippen molar-refractivity contribution in [2.24, 2.45) is 0 Å². The summed E-state index contributed by atoms with van der Waals surface area (Å²) < 4.78 is 5.18. The van der Waals surface area contributed by atoms with Gasteiger partial charge < -0.3 is 10.1 Å². The number of amides is 1. The number of unbranched alkanes of at least 4 members (excludes halogenated alkanes) is 15. The molecule has 1 aromatic heterocycles. The van der Waals surface area contributed by atoms with Gasteiger partial charge in [-0.15, -0.1) is 0 Å². The monoisotopic (exact) mass is 469 g/mol. The number of hydrogen-bond acceptors (Lipinski definition) is 3. The molecular weight excluding hydrogens is 422 g/mol. The molecule has 2 rings (SSSR count). The van der Waals surface area contributed by atoms with Crippen LogP contribution in [0.3, 0.4) is 0 Å². The van der Waals surface area contributed by atoms with Gasteiger partial charge in [0.25, 0.3) is 5.91 Å². The lowest BCUT2D eigenvalue weighted by atomic mass is 10.0. The van der Waals surface area contributed by atoms with E-state index in [4.69, 9.17) is 4.74 Å². The average molecular weight is 470 g/mol. The van der Waals surface area contributed by atoms with E-state index < -0.39 is 0 Å². The van der Waals surface area contributed by atoms with Crippen molar-refractivity contribution in [1.29, 1.82) is 0 Å². The molecule has 5 heteroatoms. The van der Waals surface area contributed by atoms with Crippen molar-refractivity contribution in [3.05, 3.63) is 36.0 Å². The maximum absolute atomic E-state index is 12.3. The summed E-state index contributed by atoms with van der Waals surface area (Å²) in [6.07, 6.45) is 21.7. The number of H-pyrrole nitrogens is 1. The van der Waals surface area contributed by atoms with Crippen molar-refractivity contribution in [2.75, 3.05) is 13.7 Å². The molecule has 1 aromatic carbocycles. The Hall–Kier alpha value is -2.30. The summed E-state index contributed by atoms with van der Waals surface area (Å²) in [6.45, 7) is 3.00. The lowest BCUT2D eigenvalue weighted by molar-refractivity contribution is 0.0948. The predicted molar refractivity (Wildman–Crippen MR) is 142 cm³/mol. The summed E-state index contributed by atoms with van der Waals surface area (Å²) in [5.74, 6) is 0.712. The third kappa shape index (κ3) is 11.7. The Balaban J connectivity index is 1.41. The van der Waals surface area contributed by atoms with Gasteiger partial charge >= 0.3 is 0 Å². The minimum Gasteiger partial charge on any atom is -0.497 e. The Bertz CT molecular complexity index is 770. The van der Waals surface area contributed by atoms with Gasteiger partial charge in [-0.05, 0) is 36.8 Å². The van der Waals surface area contributed by atoms with Crippen molar-refractivity contribution in [1.82, 2.24) is 15.5 Å². The fourth-order valence-corrected chi connectivity index (χ4v) is 4.32. The van der Waals surface area contributed by atoms with E-state index in [9.17, 15) is 4.79 Å². The van der Waals surface area contributed by atoms with E-state index in [-0.39, 0.29) is 5.91 Å². The highest BCUT2D eigenvalue weighted by Gasteiger charge is 2.10. The molecule has 1 heterocycles. The second-order valence-electron chi connectivity index (χ2n) is 9.45. The fraction of sp³-hybridized carbons (Fsp3) is 0.655. The SMILES string of the molecule is CCCCCCCCCCCCCCCCCCNC(=O)c1cc(-c2ccc(OC)cc2)n[nH]1. The lowest BCUT2D eigenvalue weighted by Crippen LogP contribution is -2.24. The van der Waals surface area contributed by atoms with Gasteiger partial charge in [-0.1, -0.05) is 103 Å². The van der Waals surface area contributed by atoms with Crippen molar-refractivity contribution in [2.45, 2.75) is 110 Å². The molecule has 0 radical (unpaired) electrons. The zero-order chi connectivity index (χ0) is 24.3. The number of methoxy groups -OCH3 is 1. The van der Waals surface area contributed by atoms with Crippen LogP contribution in [0, 0.1) is 0 Å². The van der Waals surface area contributed by atoms with Gasteiger partial charge in [-0.25, -0.2) is 0 Å². The van der Waals surface area contributed by atoms with Gasteiger partial charge in [0.05, 0.1) is 12.8 Å². The number of aromatic nitrogens is 2. The molecule has 190 valence electrons. The molecule has 2 N–H and O–H groups in total. The smallest absolute Gasteiger partial charge is 0.269 e. The maximum Gasteiger partial charge on any atom is 0.269 e. The number of hydrogen-bond donors (Lipinski definition) is 2. The summed E-state index contributed by atoms with van der Waals surface area (Å²) in [4.78, 5) is 12.3. The van der Waals surface area contributed by atoms with Crippen molar-refractivity contribution < 1.29 is 9.53 Å². The molecule has 0 atom stereocenters. The zero-order valence-electron chi connectivity index (χ0n) is 21.7. The summed E-state index contributed by atoms with van der Waals surface area (Å²) in [6, 6.07) is 9.45. The van der Waals surface area contributed by atoms with E-state index in [1.807, 2.05) is 24.3 Å². The average Bonchev–Trinajstić information content (AvgIpc) is 3.36. The van der Waals surface area contributed by atoms with Crippen molar-refractivity contribution in [3.63, 3.8) is 0 Å². The number of carbonyl (C=O) groups excluding carboxylic acids is 1. The Morgan fingerprint density at radius 1 is 0.794 bits per heavy atom. The number of nitrogens with one attached hydrogen (secondary N) is 2. The highest BCUT2D eigenvalue weighted by Crippen LogP contribution is 2.21. The van der Waals surface area contributed by atoms with Gasteiger partial charge in [-0.3, -0.25) is 9.89 Å². The third-order valence-electron chi connectivity index (χ3n) is 6.52. The van der Waals surface area contributed by atoms with Gasteiger partial charge in [0, 0.05) is 12.1 Å². The van der Waals surface area contributed by atoms with Crippen LogP contribution in [0.15, 0.2) is 30.3 Å². The molecule has 0 saturated carbocycles. The Morgan fingerprint density at radius 3 is 1.79 bits per heavy atom. The Morgan fingerprint density at radius 2 is 1.29 bits per heavy atom. The summed E-state index contributed by atoms with van der Waals surface area (Å²) in [7, 11) is 1.64. The maximum atomic E-state index is 12.3. The van der Waals surface area contributed by atoms with Crippen LogP contribution in [0.25, 0.3) is 11.3 Å². The van der Waals surface area contributed by atoms with Gasteiger partial charge in [-0.2, -0.15) is 5.10 Å². The van der Waals surface area contributed by atoms with Crippen LogP contribution in [0.4, 0.5) is 0 Å². The molecule has 0 aliphatic carbocycles. The van der Waals surface area contributed by atoms with E-state index in [1.165, 1.54) is 96.3 Å². The van der Waals surface area contributed by atoms with Crippen LogP contribution in [-0.2, 0) is 0 Å². The lowest BCUT2D eigenvalue weighted by Gasteiger charge is -2.05. The highest BCUT2D eigenvalue weighted by molar-refractivity contribution is 5.93. The normalized spacial score (nSPS) is 11.0. The topological polar surface area (TPSA) is 67.0 Å². The second-order valence-corrected chi connectivity index (χ2v) is 9.45. The molecule has 0 unspecified atom stereocenters. The quantitative estimate of drug-likeness (QED) is 0.193. The van der Waals surface area contributed by atoms with Crippen LogP contribution in [-0.4, -0.2) is 29.8 Å². The van der Waals surface area contributed by atoms with Gasteiger partial charge in [0.2, 0.25) is 0 Å². The number of rotatable bonds is 20. The first-order valence-electron chi connectivity index (χ1n) is 13.7. The molecule has 5 nitrogen and oxygen atoms in total. The molecule has 0 spiro atoms. The number of carbonyl (C=O) groups is 1. The summed E-state index contributed by atoms with van der Waals surface area (Å²) >= 11 is 0. The predicted octanol–water partition coefficient (Wildman–Crippen LogP) is 8.08. The summed E-state index contributed by atoms with van der Waals surface area (Å²) in [5.41, 5.74) is 2.21. The molecule has 0 saturated heterocycles. The first kappa shape index (κ1) is 27.9. The molecule has 0 bridgehead atoms. The van der Waals surface area contributed by atoms with Crippen molar-refractivity contribution in [3.8, 4) is 17.0 Å². The largest absolute Gasteiger partial charge is 0.497 e. The third-order valence-corrected chi connectivity index (χ3v) is 6.52. The molecular formula is C29H47N3O2. The minimum atomic E-state index is -0.0896. The van der Waals surface area contributed by atoms with Crippen LogP contribution in [0.2, 0.25) is 0 Å². The number of ether oxygens (including phenoxy) is 1. The Kier molecular flexibility index (Phi) is 14.9. The first-order chi connectivity index (χ1) is 16.7. The zero-order valence-corrected chi connectivity index (χ0v) is 21.7. The molecule has 0 aliphatic heterocycles.